The highest BCUT2D eigenvalue weighted by Gasteiger charge is 2.30. The van der Waals surface area contributed by atoms with E-state index in [9.17, 15) is 18.0 Å². The quantitative estimate of drug-likeness (QED) is 0.491. The Hall–Kier alpha value is -4.19. The number of pyridine rings is 1. The number of aromatic nitrogens is 3. The van der Waals surface area contributed by atoms with E-state index in [0.29, 0.717) is 27.6 Å². The molecule has 2 aromatic carbocycles. The number of nitriles is 1. The second kappa shape index (κ2) is 7.91. The molecule has 0 bridgehead atoms. The van der Waals surface area contributed by atoms with Gasteiger partial charge < -0.3 is 4.74 Å². The van der Waals surface area contributed by atoms with Crippen LogP contribution in [0.5, 0.6) is 5.75 Å². The van der Waals surface area contributed by atoms with Gasteiger partial charge in [-0.25, -0.2) is 9.67 Å². The van der Waals surface area contributed by atoms with Gasteiger partial charge in [-0.05, 0) is 41.5 Å². The van der Waals surface area contributed by atoms with Crippen LogP contribution in [-0.2, 0) is 6.54 Å². The van der Waals surface area contributed by atoms with E-state index in [-0.39, 0.29) is 23.5 Å². The van der Waals surface area contributed by atoms with Crippen LogP contribution in [0.25, 0.3) is 21.9 Å². The molecular formula is C22H13F3N4O2. The van der Waals surface area contributed by atoms with E-state index in [1.54, 1.807) is 42.6 Å². The zero-order valence-electron chi connectivity index (χ0n) is 15.8. The Balaban J connectivity index is 1.67. The topological polar surface area (TPSA) is 80.8 Å². The molecule has 0 spiro atoms. The lowest BCUT2D eigenvalue weighted by Crippen LogP contribution is -2.23. The summed E-state index contributed by atoms with van der Waals surface area (Å²) in [6.07, 6.45) is -3.21. The van der Waals surface area contributed by atoms with Crippen molar-refractivity contribution in [3.63, 3.8) is 0 Å². The van der Waals surface area contributed by atoms with E-state index in [1.807, 2.05) is 6.07 Å². The lowest BCUT2D eigenvalue weighted by atomic mass is 10.0. The van der Waals surface area contributed by atoms with Gasteiger partial charge in [0.15, 0.2) is 0 Å². The minimum Gasteiger partial charge on any atom is -0.406 e. The van der Waals surface area contributed by atoms with Gasteiger partial charge in [-0.1, -0.05) is 30.3 Å². The standard InChI is InChI=1S/C22H13F3N4O2/c23-22(24,25)31-19-8-6-14(7-9-19)15-4-5-16-12-27-29(21(30)20(16)10-15)13-18-3-1-2-17(11-26)28-18/h1-10,12H,13H2. The Morgan fingerprint density at radius 2 is 1.77 bits per heavy atom. The van der Waals surface area contributed by atoms with Crippen molar-refractivity contribution in [3.8, 4) is 22.9 Å². The van der Waals surface area contributed by atoms with E-state index in [2.05, 4.69) is 14.8 Å². The summed E-state index contributed by atoms with van der Waals surface area (Å²) in [5.74, 6) is -0.323. The van der Waals surface area contributed by atoms with Crippen LogP contribution in [0.2, 0.25) is 0 Å². The fourth-order valence-corrected chi connectivity index (χ4v) is 3.10. The molecule has 2 heterocycles. The molecular weight excluding hydrogens is 409 g/mol. The zero-order valence-corrected chi connectivity index (χ0v) is 15.8. The molecule has 0 N–H and O–H groups in total. The first-order valence-electron chi connectivity index (χ1n) is 9.04. The third-order valence-corrected chi connectivity index (χ3v) is 4.51. The van der Waals surface area contributed by atoms with Gasteiger partial charge in [0.05, 0.1) is 23.8 Å². The van der Waals surface area contributed by atoms with Gasteiger partial charge in [0.2, 0.25) is 0 Å². The van der Waals surface area contributed by atoms with Crippen molar-refractivity contribution in [2.45, 2.75) is 12.9 Å². The van der Waals surface area contributed by atoms with Crippen molar-refractivity contribution >= 4 is 10.8 Å². The number of benzene rings is 2. The van der Waals surface area contributed by atoms with E-state index >= 15 is 0 Å². The Bertz CT molecular complexity index is 1360. The SMILES string of the molecule is N#Cc1cccc(Cn2ncc3ccc(-c4ccc(OC(F)(F)F)cc4)cc3c2=O)n1. The molecule has 4 aromatic rings. The molecule has 4 rings (SSSR count). The molecule has 6 nitrogen and oxygen atoms in total. The molecule has 0 radical (unpaired) electrons. The maximum absolute atomic E-state index is 12.9. The first-order valence-corrected chi connectivity index (χ1v) is 9.04. The van der Waals surface area contributed by atoms with Gasteiger partial charge >= 0.3 is 6.36 Å². The molecule has 0 aliphatic heterocycles. The maximum Gasteiger partial charge on any atom is 0.573 e. The predicted molar refractivity (Wildman–Crippen MR) is 106 cm³/mol. The van der Waals surface area contributed by atoms with E-state index < -0.39 is 6.36 Å². The summed E-state index contributed by atoms with van der Waals surface area (Å²) in [6.45, 7) is 0.0952. The van der Waals surface area contributed by atoms with E-state index in [4.69, 9.17) is 5.26 Å². The lowest BCUT2D eigenvalue weighted by molar-refractivity contribution is -0.274. The van der Waals surface area contributed by atoms with Crippen LogP contribution >= 0.6 is 0 Å². The first kappa shape index (κ1) is 20.1. The summed E-state index contributed by atoms with van der Waals surface area (Å²) < 4.78 is 42.1. The monoisotopic (exact) mass is 422 g/mol. The Morgan fingerprint density at radius 1 is 1.03 bits per heavy atom. The van der Waals surface area contributed by atoms with Crippen LogP contribution in [0.15, 0.2) is 71.7 Å². The zero-order chi connectivity index (χ0) is 22.0. The highest BCUT2D eigenvalue weighted by Crippen LogP contribution is 2.27. The van der Waals surface area contributed by atoms with Gasteiger partial charge in [-0.15, -0.1) is 13.2 Å². The van der Waals surface area contributed by atoms with Crippen molar-refractivity contribution in [1.82, 2.24) is 14.8 Å². The molecule has 0 atom stereocenters. The lowest BCUT2D eigenvalue weighted by Gasteiger charge is -2.10. The third-order valence-electron chi connectivity index (χ3n) is 4.51. The average molecular weight is 422 g/mol. The second-order valence-corrected chi connectivity index (χ2v) is 6.61. The Morgan fingerprint density at radius 3 is 2.48 bits per heavy atom. The smallest absolute Gasteiger partial charge is 0.406 e. The number of hydrogen-bond acceptors (Lipinski definition) is 5. The molecule has 154 valence electrons. The number of rotatable bonds is 4. The number of hydrogen-bond donors (Lipinski definition) is 0. The van der Waals surface area contributed by atoms with Gasteiger partial charge in [0, 0.05) is 5.39 Å². The van der Waals surface area contributed by atoms with Crippen molar-refractivity contribution < 1.29 is 17.9 Å². The summed E-state index contributed by atoms with van der Waals surface area (Å²) in [5, 5.41) is 14.2. The van der Waals surface area contributed by atoms with Crippen LogP contribution in [0.3, 0.4) is 0 Å². The fraction of sp³-hybridized carbons (Fsp3) is 0.0909. The van der Waals surface area contributed by atoms with Crippen molar-refractivity contribution in [2.24, 2.45) is 0 Å². The predicted octanol–water partition coefficient (Wildman–Crippen LogP) is 4.28. The molecule has 0 aliphatic carbocycles. The van der Waals surface area contributed by atoms with Crippen LogP contribution in [0.4, 0.5) is 13.2 Å². The number of nitrogens with zero attached hydrogens (tertiary/aromatic N) is 4. The van der Waals surface area contributed by atoms with Crippen molar-refractivity contribution in [3.05, 3.63) is 88.6 Å². The summed E-state index contributed by atoms with van der Waals surface area (Å²) in [7, 11) is 0. The maximum atomic E-state index is 12.9. The van der Waals surface area contributed by atoms with Crippen LogP contribution < -0.4 is 10.3 Å². The minimum atomic E-state index is -4.76. The molecule has 0 fully saturated rings. The fourth-order valence-electron chi connectivity index (χ4n) is 3.10. The molecule has 0 aliphatic rings. The third kappa shape index (κ3) is 4.53. The normalized spacial score (nSPS) is 11.3. The summed E-state index contributed by atoms with van der Waals surface area (Å²) in [4.78, 5) is 17.1. The van der Waals surface area contributed by atoms with E-state index in [0.717, 1.165) is 0 Å². The molecule has 2 aromatic heterocycles. The molecule has 31 heavy (non-hydrogen) atoms. The largest absolute Gasteiger partial charge is 0.573 e. The highest BCUT2D eigenvalue weighted by molar-refractivity contribution is 5.86. The molecule has 0 saturated carbocycles. The van der Waals surface area contributed by atoms with Gasteiger partial charge in [0.1, 0.15) is 17.5 Å². The summed E-state index contributed by atoms with van der Waals surface area (Å²) in [5.41, 5.74) is 1.70. The number of alkyl halides is 3. The van der Waals surface area contributed by atoms with Gasteiger partial charge in [0.25, 0.3) is 5.56 Å². The van der Waals surface area contributed by atoms with E-state index in [1.165, 1.54) is 28.9 Å². The second-order valence-electron chi connectivity index (χ2n) is 6.61. The minimum absolute atomic E-state index is 0.0952. The number of fused-ring (bicyclic) bond motifs is 1. The first-order chi connectivity index (χ1) is 14.8. The average Bonchev–Trinajstić information content (AvgIpc) is 2.75. The van der Waals surface area contributed by atoms with Crippen LogP contribution in [0.1, 0.15) is 11.4 Å². The van der Waals surface area contributed by atoms with Crippen molar-refractivity contribution in [1.29, 1.82) is 5.26 Å². The molecule has 9 heteroatoms. The van der Waals surface area contributed by atoms with Crippen LogP contribution in [0, 0.1) is 11.3 Å². The molecule has 0 amide bonds. The summed E-state index contributed by atoms with van der Waals surface area (Å²) in [6, 6.07) is 17.4. The van der Waals surface area contributed by atoms with Gasteiger partial charge in [-0.2, -0.15) is 10.4 Å². The van der Waals surface area contributed by atoms with Crippen LogP contribution in [-0.4, -0.2) is 21.1 Å². The molecule has 0 saturated heterocycles. The van der Waals surface area contributed by atoms with Crippen molar-refractivity contribution in [2.75, 3.05) is 0 Å². The molecule has 0 unspecified atom stereocenters. The number of halogens is 3. The number of ether oxygens (including phenoxy) is 1. The highest BCUT2D eigenvalue weighted by atomic mass is 19.4. The Kier molecular flexibility index (Phi) is 5.13. The summed E-state index contributed by atoms with van der Waals surface area (Å²) >= 11 is 0. The van der Waals surface area contributed by atoms with Gasteiger partial charge in [-0.3, -0.25) is 4.79 Å². The Labute approximate surface area is 173 Å².